The first-order valence-electron chi connectivity index (χ1n) is 7.93. The van der Waals surface area contributed by atoms with Crippen LogP contribution in [0.5, 0.6) is 0 Å². The topological polar surface area (TPSA) is 113 Å². The number of hydrogen-bond donors (Lipinski definition) is 0. The predicted molar refractivity (Wildman–Crippen MR) is 84.7 cm³/mol. The molecular weight excluding hydrogens is 316 g/mol. The van der Waals surface area contributed by atoms with Crippen molar-refractivity contribution in [2.75, 3.05) is 6.61 Å². The van der Waals surface area contributed by atoms with E-state index in [0.717, 1.165) is 0 Å². The minimum absolute atomic E-state index is 0.0900. The Kier molecular flexibility index (Phi) is 5.83. The lowest BCUT2D eigenvalue weighted by Crippen LogP contribution is -2.48. The lowest BCUT2D eigenvalue weighted by Gasteiger charge is -2.33. The summed E-state index contributed by atoms with van der Waals surface area (Å²) in [7, 11) is 0. The molecule has 0 saturated heterocycles. The highest BCUT2D eigenvalue weighted by Crippen LogP contribution is 2.41. The van der Waals surface area contributed by atoms with Gasteiger partial charge in [-0.1, -0.05) is 30.3 Å². The molecular formula is C16H20N2O6. The molecule has 0 spiro atoms. The Bertz CT molecular complexity index is 606. The number of carbonyl (C=O) groups excluding carboxylic acids is 1. The lowest BCUT2D eigenvalue weighted by molar-refractivity contribution is -0.580. The maximum absolute atomic E-state index is 11.8. The van der Waals surface area contributed by atoms with E-state index in [1.54, 1.807) is 37.3 Å². The van der Waals surface area contributed by atoms with Crippen molar-refractivity contribution in [3.63, 3.8) is 0 Å². The van der Waals surface area contributed by atoms with Crippen LogP contribution in [-0.4, -0.2) is 34.5 Å². The van der Waals surface area contributed by atoms with Gasteiger partial charge in [-0.25, -0.2) is 0 Å². The fourth-order valence-electron chi connectivity index (χ4n) is 3.55. The number of rotatable bonds is 6. The van der Waals surface area contributed by atoms with Gasteiger partial charge >= 0.3 is 5.97 Å². The number of hydrogen-bond acceptors (Lipinski definition) is 6. The summed E-state index contributed by atoms with van der Waals surface area (Å²) in [5.74, 6) is -1.93. The minimum atomic E-state index is -1.18. The summed E-state index contributed by atoms with van der Waals surface area (Å²) in [6.07, 6.45) is 0.383. The molecule has 0 unspecified atom stereocenters. The SMILES string of the molecule is CCOC(=O)C[C@@H]1CC[C@H]([N+](=O)[O-])[C@@H](c2ccccc2)[C@@H]1[N+](=O)[O-]. The van der Waals surface area contributed by atoms with Crippen molar-refractivity contribution in [3.05, 3.63) is 56.1 Å². The fraction of sp³-hybridized carbons (Fsp3) is 0.562. The normalized spacial score (nSPS) is 26.5. The van der Waals surface area contributed by atoms with E-state index in [2.05, 4.69) is 0 Å². The van der Waals surface area contributed by atoms with Crippen LogP contribution in [0.4, 0.5) is 0 Å². The number of ether oxygens (including phenoxy) is 1. The zero-order valence-corrected chi connectivity index (χ0v) is 13.4. The number of nitrogens with zero attached hydrogens (tertiary/aromatic N) is 2. The van der Waals surface area contributed by atoms with Gasteiger partial charge in [0.15, 0.2) is 0 Å². The van der Waals surface area contributed by atoms with E-state index in [1.807, 2.05) is 0 Å². The average molecular weight is 336 g/mol. The second-order valence-corrected chi connectivity index (χ2v) is 5.91. The van der Waals surface area contributed by atoms with E-state index in [0.29, 0.717) is 5.56 Å². The van der Waals surface area contributed by atoms with Crippen molar-refractivity contribution in [2.45, 2.75) is 44.2 Å². The molecule has 0 amide bonds. The summed E-state index contributed by atoms with van der Waals surface area (Å²) < 4.78 is 4.89. The van der Waals surface area contributed by atoms with Crippen LogP contribution < -0.4 is 0 Å². The standard InChI is InChI=1S/C16H20N2O6/c1-2-24-14(19)10-12-8-9-13(17(20)21)15(16(12)18(22)23)11-6-4-3-5-7-11/h3-7,12-13,15-16H,2,8-10H2,1H3/t12-,13-,15+,16+/m0/s1. The molecule has 24 heavy (non-hydrogen) atoms. The Labute approximate surface area is 139 Å². The third-order valence-electron chi connectivity index (χ3n) is 4.53. The maximum Gasteiger partial charge on any atom is 0.306 e. The molecule has 4 atom stereocenters. The summed E-state index contributed by atoms with van der Waals surface area (Å²) in [4.78, 5) is 34.0. The molecule has 1 aliphatic rings. The highest BCUT2D eigenvalue weighted by atomic mass is 16.6. The molecule has 0 bridgehead atoms. The highest BCUT2D eigenvalue weighted by molar-refractivity contribution is 5.69. The van der Waals surface area contributed by atoms with Crippen molar-refractivity contribution in [3.8, 4) is 0 Å². The zero-order chi connectivity index (χ0) is 17.7. The van der Waals surface area contributed by atoms with Crippen molar-refractivity contribution < 1.29 is 19.4 Å². The lowest BCUT2D eigenvalue weighted by atomic mass is 9.70. The zero-order valence-electron chi connectivity index (χ0n) is 13.4. The number of nitro groups is 2. The van der Waals surface area contributed by atoms with Gasteiger partial charge in [0.2, 0.25) is 12.1 Å². The molecule has 0 radical (unpaired) electrons. The Balaban J connectivity index is 2.36. The molecule has 1 aliphatic carbocycles. The Morgan fingerprint density at radius 2 is 1.83 bits per heavy atom. The average Bonchev–Trinajstić information content (AvgIpc) is 2.54. The molecule has 0 aromatic heterocycles. The van der Waals surface area contributed by atoms with Gasteiger partial charge in [0, 0.05) is 22.2 Å². The van der Waals surface area contributed by atoms with Crippen molar-refractivity contribution in [2.24, 2.45) is 5.92 Å². The Hall–Kier alpha value is -2.51. The van der Waals surface area contributed by atoms with Crippen LogP contribution >= 0.6 is 0 Å². The molecule has 8 nitrogen and oxygen atoms in total. The molecule has 130 valence electrons. The van der Waals surface area contributed by atoms with Crippen molar-refractivity contribution in [1.82, 2.24) is 0 Å². The third-order valence-corrected chi connectivity index (χ3v) is 4.53. The molecule has 2 rings (SSSR count). The summed E-state index contributed by atoms with van der Waals surface area (Å²) in [6.45, 7) is 1.87. The number of esters is 1. The molecule has 1 aromatic rings. The van der Waals surface area contributed by atoms with Crippen molar-refractivity contribution >= 4 is 5.97 Å². The quantitative estimate of drug-likeness (QED) is 0.448. The van der Waals surface area contributed by atoms with Crippen LogP contribution in [0, 0.1) is 26.1 Å². The first-order valence-corrected chi connectivity index (χ1v) is 7.93. The van der Waals surface area contributed by atoms with Gasteiger partial charge in [-0.2, -0.15) is 0 Å². The fourth-order valence-corrected chi connectivity index (χ4v) is 3.55. The van der Waals surface area contributed by atoms with E-state index in [4.69, 9.17) is 4.74 Å². The number of benzene rings is 1. The van der Waals surface area contributed by atoms with Crippen molar-refractivity contribution in [1.29, 1.82) is 0 Å². The minimum Gasteiger partial charge on any atom is -0.466 e. The Morgan fingerprint density at radius 1 is 1.17 bits per heavy atom. The van der Waals surface area contributed by atoms with E-state index in [1.165, 1.54) is 0 Å². The third kappa shape index (κ3) is 3.87. The van der Waals surface area contributed by atoms with Gasteiger partial charge in [0.25, 0.3) is 0 Å². The van der Waals surface area contributed by atoms with E-state index >= 15 is 0 Å². The smallest absolute Gasteiger partial charge is 0.306 e. The summed E-state index contributed by atoms with van der Waals surface area (Å²) in [5.41, 5.74) is 0.564. The second kappa shape index (κ2) is 7.85. The molecule has 0 N–H and O–H groups in total. The molecule has 8 heteroatoms. The molecule has 0 heterocycles. The van der Waals surface area contributed by atoms with Crippen LogP contribution in [0.25, 0.3) is 0 Å². The molecule has 0 aliphatic heterocycles. The van der Waals surface area contributed by atoms with Gasteiger partial charge in [0.1, 0.15) is 5.92 Å². The van der Waals surface area contributed by atoms with Crippen LogP contribution in [0.2, 0.25) is 0 Å². The maximum atomic E-state index is 11.8. The van der Waals surface area contributed by atoms with E-state index in [9.17, 15) is 25.0 Å². The van der Waals surface area contributed by atoms with Gasteiger partial charge in [-0.05, 0) is 18.9 Å². The Morgan fingerprint density at radius 3 is 2.38 bits per heavy atom. The molecule has 1 saturated carbocycles. The second-order valence-electron chi connectivity index (χ2n) is 5.91. The van der Waals surface area contributed by atoms with E-state index in [-0.39, 0.29) is 25.9 Å². The van der Waals surface area contributed by atoms with E-state index < -0.39 is 39.7 Å². The molecule has 1 aromatic carbocycles. The van der Waals surface area contributed by atoms with Crippen LogP contribution in [0.15, 0.2) is 30.3 Å². The summed E-state index contributed by atoms with van der Waals surface area (Å²) in [5, 5.41) is 23.1. The van der Waals surface area contributed by atoms with Gasteiger partial charge < -0.3 is 4.74 Å². The summed E-state index contributed by atoms with van der Waals surface area (Å²) >= 11 is 0. The summed E-state index contributed by atoms with van der Waals surface area (Å²) in [6, 6.07) is 6.30. The largest absolute Gasteiger partial charge is 0.466 e. The molecule has 1 fully saturated rings. The van der Waals surface area contributed by atoms with Crippen LogP contribution in [-0.2, 0) is 9.53 Å². The highest BCUT2D eigenvalue weighted by Gasteiger charge is 2.53. The predicted octanol–water partition coefficient (Wildman–Crippen LogP) is 2.42. The first kappa shape index (κ1) is 17.8. The van der Waals surface area contributed by atoms with Crippen LogP contribution in [0.3, 0.4) is 0 Å². The first-order chi connectivity index (χ1) is 11.5. The van der Waals surface area contributed by atoms with Gasteiger partial charge in [-0.3, -0.25) is 25.0 Å². The van der Waals surface area contributed by atoms with Gasteiger partial charge in [-0.15, -0.1) is 0 Å². The number of carbonyl (C=O) groups is 1. The van der Waals surface area contributed by atoms with Crippen LogP contribution in [0.1, 0.15) is 37.7 Å². The monoisotopic (exact) mass is 336 g/mol. The van der Waals surface area contributed by atoms with Gasteiger partial charge in [0.05, 0.1) is 13.0 Å².